The van der Waals surface area contributed by atoms with Gasteiger partial charge in [-0.2, -0.15) is 0 Å². The zero-order valence-corrected chi connectivity index (χ0v) is 8.02. The fraction of sp³-hybridized carbons (Fsp3) is 1.00. The summed E-state index contributed by atoms with van der Waals surface area (Å²) in [6.07, 6.45) is 3.60. The van der Waals surface area contributed by atoms with Crippen LogP contribution >= 0.6 is 0 Å². The summed E-state index contributed by atoms with van der Waals surface area (Å²) in [6.45, 7) is 6.12. The molecule has 0 atom stereocenters. The quantitative estimate of drug-likeness (QED) is 0.630. The van der Waals surface area contributed by atoms with E-state index in [-0.39, 0.29) is 0 Å². The van der Waals surface area contributed by atoms with Crippen molar-refractivity contribution in [2.45, 2.75) is 39.2 Å². The van der Waals surface area contributed by atoms with Crippen LogP contribution in [0.2, 0.25) is 0 Å². The van der Waals surface area contributed by atoms with E-state index >= 15 is 0 Å². The van der Waals surface area contributed by atoms with Crippen molar-refractivity contribution in [3.05, 3.63) is 0 Å². The van der Waals surface area contributed by atoms with Crippen LogP contribution in [0.3, 0.4) is 0 Å². The molecule has 0 unspecified atom stereocenters. The minimum absolute atomic E-state index is 0.712. The highest BCUT2D eigenvalue weighted by Gasteiger charge is 2.09. The van der Waals surface area contributed by atoms with Gasteiger partial charge in [0.05, 0.1) is 0 Å². The first kappa shape index (κ1) is 10.9. The first-order valence-electron chi connectivity index (χ1n) is 4.60. The second kappa shape index (κ2) is 8.02. The standard InChI is InChI=1S/C6H13NO.C3H8/c1-7-6-2-4-8-5-3-6;1-3-2/h6-7H,2-5H2,1H3;3H2,1-2H3. The molecule has 0 aromatic carbocycles. The summed E-state index contributed by atoms with van der Waals surface area (Å²) in [4.78, 5) is 0. The molecule has 0 aromatic heterocycles. The molecule has 2 heteroatoms. The van der Waals surface area contributed by atoms with E-state index in [1.807, 2.05) is 7.05 Å². The Bertz CT molecular complexity index is 70.0. The van der Waals surface area contributed by atoms with Gasteiger partial charge in [0.2, 0.25) is 0 Å². The van der Waals surface area contributed by atoms with E-state index < -0.39 is 0 Å². The van der Waals surface area contributed by atoms with Gasteiger partial charge in [0.15, 0.2) is 0 Å². The zero-order valence-electron chi connectivity index (χ0n) is 8.02. The van der Waals surface area contributed by atoms with E-state index in [2.05, 4.69) is 19.2 Å². The van der Waals surface area contributed by atoms with Gasteiger partial charge in [0, 0.05) is 19.3 Å². The second-order valence-corrected chi connectivity index (χ2v) is 2.88. The van der Waals surface area contributed by atoms with Crippen LogP contribution in [0.15, 0.2) is 0 Å². The Kier molecular flexibility index (Phi) is 7.96. The highest BCUT2D eigenvalue weighted by Crippen LogP contribution is 2.04. The number of ether oxygens (including phenoxy) is 1. The molecule has 1 aliphatic heterocycles. The first-order chi connectivity index (χ1) is 5.35. The lowest BCUT2D eigenvalue weighted by molar-refractivity contribution is 0.0799. The van der Waals surface area contributed by atoms with Gasteiger partial charge in [-0.15, -0.1) is 0 Å². The van der Waals surface area contributed by atoms with Crippen LogP contribution in [-0.2, 0) is 4.74 Å². The Morgan fingerprint density at radius 3 is 2.00 bits per heavy atom. The molecule has 0 amide bonds. The summed E-state index contributed by atoms with van der Waals surface area (Å²) in [6, 6.07) is 0.712. The minimum atomic E-state index is 0.712. The van der Waals surface area contributed by atoms with Crippen LogP contribution in [0, 0.1) is 0 Å². The molecule has 0 aliphatic carbocycles. The maximum absolute atomic E-state index is 5.16. The third-order valence-corrected chi connectivity index (χ3v) is 1.63. The van der Waals surface area contributed by atoms with E-state index in [0.29, 0.717) is 6.04 Å². The van der Waals surface area contributed by atoms with Crippen molar-refractivity contribution in [1.29, 1.82) is 0 Å². The molecule has 11 heavy (non-hydrogen) atoms. The van der Waals surface area contributed by atoms with E-state index in [4.69, 9.17) is 4.74 Å². The molecule has 0 spiro atoms. The largest absolute Gasteiger partial charge is 0.381 e. The number of hydrogen-bond donors (Lipinski definition) is 1. The van der Waals surface area contributed by atoms with Crippen molar-refractivity contribution < 1.29 is 4.74 Å². The third-order valence-electron chi connectivity index (χ3n) is 1.63. The smallest absolute Gasteiger partial charge is 0.0480 e. The van der Waals surface area contributed by atoms with Crippen LogP contribution in [-0.4, -0.2) is 26.3 Å². The molecule has 2 nitrogen and oxygen atoms in total. The predicted molar refractivity (Wildman–Crippen MR) is 48.9 cm³/mol. The van der Waals surface area contributed by atoms with Crippen molar-refractivity contribution >= 4 is 0 Å². The molecular weight excluding hydrogens is 138 g/mol. The Morgan fingerprint density at radius 1 is 1.27 bits per heavy atom. The summed E-state index contributed by atoms with van der Waals surface area (Å²) in [5.74, 6) is 0. The lowest BCUT2D eigenvalue weighted by atomic mass is 10.1. The predicted octanol–water partition coefficient (Wildman–Crippen LogP) is 1.80. The van der Waals surface area contributed by atoms with Gasteiger partial charge in [0.25, 0.3) is 0 Å². The van der Waals surface area contributed by atoms with Gasteiger partial charge in [-0.25, -0.2) is 0 Å². The maximum Gasteiger partial charge on any atom is 0.0480 e. The van der Waals surface area contributed by atoms with Gasteiger partial charge < -0.3 is 10.1 Å². The highest BCUT2D eigenvalue weighted by molar-refractivity contribution is 4.66. The average molecular weight is 159 g/mol. The summed E-state index contributed by atoms with van der Waals surface area (Å²) in [5, 5.41) is 3.22. The normalized spacial score (nSPS) is 18.8. The van der Waals surface area contributed by atoms with E-state index in [0.717, 1.165) is 13.2 Å². The van der Waals surface area contributed by atoms with Gasteiger partial charge in [-0.3, -0.25) is 0 Å². The molecule has 1 heterocycles. The van der Waals surface area contributed by atoms with Crippen molar-refractivity contribution in [3.8, 4) is 0 Å². The number of hydrogen-bond acceptors (Lipinski definition) is 2. The molecule has 0 saturated carbocycles. The molecule has 1 fully saturated rings. The molecule has 1 rings (SSSR count). The number of rotatable bonds is 1. The second-order valence-electron chi connectivity index (χ2n) is 2.88. The van der Waals surface area contributed by atoms with Crippen molar-refractivity contribution in [3.63, 3.8) is 0 Å². The van der Waals surface area contributed by atoms with Crippen LogP contribution in [0.4, 0.5) is 0 Å². The fourth-order valence-corrected chi connectivity index (χ4v) is 0.986. The Balaban J connectivity index is 0.000000292. The van der Waals surface area contributed by atoms with Crippen LogP contribution in [0.25, 0.3) is 0 Å². The van der Waals surface area contributed by atoms with Gasteiger partial charge >= 0.3 is 0 Å². The van der Waals surface area contributed by atoms with Crippen molar-refractivity contribution in [2.75, 3.05) is 20.3 Å². The van der Waals surface area contributed by atoms with E-state index in [9.17, 15) is 0 Å². The molecule has 0 radical (unpaired) electrons. The van der Waals surface area contributed by atoms with Crippen LogP contribution < -0.4 is 5.32 Å². The molecular formula is C9H21NO. The summed E-state index contributed by atoms with van der Waals surface area (Å²) < 4.78 is 5.16. The highest BCUT2D eigenvalue weighted by atomic mass is 16.5. The van der Waals surface area contributed by atoms with Gasteiger partial charge in [0.1, 0.15) is 0 Å². The monoisotopic (exact) mass is 159 g/mol. The average Bonchev–Trinajstić information content (AvgIpc) is 2.08. The van der Waals surface area contributed by atoms with Gasteiger partial charge in [-0.1, -0.05) is 20.3 Å². The van der Waals surface area contributed by atoms with Gasteiger partial charge in [-0.05, 0) is 19.9 Å². The SMILES string of the molecule is CCC.CNC1CCOCC1. The van der Waals surface area contributed by atoms with E-state index in [1.54, 1.807) is 0 Å². The molecule has 0 bridgehead atoms. The minimum Gasteiger partial charge on any atom is -0.381 e. The molecule has 1 saturated heterocycles. The van der Waals surface area contributed by atoms with Crippen molar-refractivity contribution in [1.82, 2.24) is 5.32 Å². The Morgan fingerprint density at radius 2 is 1.73 bits per heavy atom. The summed E-state index contributed by atoms with van der Waals surface area (Å²) in [5.41, 5.74) is 0. The number of nitrogens with one attached hydrogen (secondary N) is 1. The van der Waals surface area contributed by atoms with Crippen LogP contribution in [0.5, 0.6) is 0 Å². The fourth-order valence-electron chi connectivity index (χ4n) is 0.986. The molecule has 68 valence electrons. The van der Waals surface area contributed by atoms with Crippen molar-refractivity contribution in [2.24, 2.45) is 0 Å². The molecule has 1 aliphatic rings. The Labute approximate surface area is 70.3 Å². The lowest BCUT2D eigenvalue weighted by Crippen LogP contribution is -2.31. The molecule has 0 aromatic rings. The summed E-state index contributed by atoms with van der Waals surface area (Å²) in [7, 11) is 2.01. The third kappa shape index (κ3) is 6.32. The topological polar surface area (TPSA) is 21.3 Å². The summed E-state index contributed by atoms with van der Waals surface area (Å²) >= 11 is 0. The molecule has 1 N–H and O–H groups in total. The maximum atomic E-state index is 5.16. The first-order valence-corrected chi connectivity index (χ1v) is 4.60. The zero-order chi connectivity index (χ0) is 8.53. The van der Waals surface area contributed by atoms with E-state index in [1.165, 1.54) is 19.3 Å². The Hall–Kier alpha value is -0.0800. The van der Waals surface area contributed by atoms with Crippen LogP contribution in [0.1, 0.15) is 33.1 Å². The lowest BCUT2D eigenvalue weighted by Gasteiger charge is -2.20.